The summed E-state index contributed by atoms with van der Waals surface area (Å²) in [6.45, 7) is 8.02. The molecule has 34 heavy (non-hydrogen) atoms. The van der Waals surface area contributed by atoms with Crippen LogP contribution in [-0.2, 0) is 15.6 Å². The van der Waals surface area contributed by atoms with Gasteiger partial charge in [0.15, 0.2) is 5.69 Å². The van der Waals surface area contributed by atoms with Gasteiger partial charge in [0, 0.05) is 36.8 Å². The van der Waals surface area contributed by atoms with Crippen LogP contribution in [0.15, 0.2) is 23.1 Å². The zero-order chi connectivity index (χ0) is 24.8. The predicted octanol–water partition coefficient (Wildman–Crippen LogP) is 3.32. The molecule has 1 amide bonds. The van der Waals surface area contributed by atoms with E-state index in [2.05, 4.69) is 10.4 Å². The van der Waals surface area contributed by atoms with Crippen molar-refractivity contribution in [2.45, 2.75) is 69.9 Å². The number of ether oxygens (including phenoxy) is 1. The highest BCUT2D eigenvalue weighted by Crippen LogP contribution is 2.38. The van der Waals surface area contributed by atoms with Crippen molar-refractivity contribution in [3.05, 3.63) is 39.6 Å². The molecule has 2 heterocycles. The average Bonchev–Trinajstić information content (AvgIpc) is 3.25. The highest BCUT2D eigenvalue weighted by molar-refractivity contribution is 7.89. The highest BCUT2D eigenvalue weighted by atomic mass is 32.2. The number of nitro groups is 1. The molecule has 0 unspecified atom stereocenters. The normalized spacial score (nSPS) is 17.1. The number of nitrogens with one attached hydrogen (secondary N) is 1. The molecule has 12 heteroatoms. The number of hydrogen-bond acceptors (Lipinski definition) is 7. The number of hydrogen-bond donors (Lipinski definition) is 1. The third kappa shape index (κ3) is 4.64. The number of carbonyl (C=O) groups excluding carboxylic acids is 1. The molecule has 0 radical (unpaired) electrons. The van der Waals surface area contributed by atoms with Crippen molar-refractivity contribution in [1.82, 2.24) is 19.4 Å². The van der Waals surface area contributed by atoms with Crippen molar-refractivity contribution in [3.8, 4) is 11.6 Å². The molecule has 4 rings (SSSR count). The maximum atomic E-state index is 13.4. The summed E-state index contributed by atoms with van der Waals surface area (Å²) in [5.74, 6) is -0.165. The standard InChI is InChI=1S/C22H29N5O6S/c1-14-19(20(28)23-15-7-8-15)24-26(22(2,3)4)21(14)33-17-10-9-16(27(29)30)13-18(17)34(31,32)25-11-5-6-12-25/h9-10,13,15H,5-8,11-12H2,1-4H3,(H,23,28). The summed E-state index contributed by atoms with van der Waals surface area (Å²) in [6, 6.07) is 3.65. The van der Waals surface area contributed by atoms with Crippen molar-refractivity contribution < 1.29 is 22.9 Å². The molecule has 0 bridgehead atoms. The first-order valence-electron chi connectivity index (χ1n) is 11.3. The molecule has 1 aromatic heterocycles. The maximum absolute atomic E-state index is 13.4. The van der Waals surface area contributed by atoms with E-state index in [0.29, 0.717) is 18.7 Å². The van der Waals surface area contributed by atoms with Gasteiger partial charge in [0.25, 0.3) is 11.6 Å². The molecule has 11 nitrogen and oxygen atoms in total. The Kier molecular flexibility index (Phi) is 6.15. The van der Waals surface area contributed by atoms with Gasteiger partial charge in [0.1, 0.15) is 10.6 Å². The van der Waals surface area contributed by atoms with Crippen LogP contribution in [0.5, 0.6) is 11.6 Å². The Bertz CT molecular complexity index is 1240. The van der Waals surface area contributed by atoms with Crippen LogP contribution >= 0.6 is 0 Å². The molecule has 1 saturated carbocycles. The van der Waals surface area contributed by atoms with Gasteiger partial charge in [-0.2, -0.15) is 9.40 Å². The van der Waals surface area contributed by atoms with Crippen LogP contribution in [0.4, 0.5) is 5.69 Å². The zero-order valence-electron chi connectivity index (χ0n) is 19.7. The van der Waals surface area contributed by atoms with Crippen LogP contribution in [0, 0.1) is 17.0 Å². The van der Waals surface area contributed by atoms with Crippen LogP contribution in [0.1, 0.15) is 62.5 Å². The lowest BCUT2D eigenvalue weighted by atomic mass is 10.1. The average molecular weight is 492 g/mol. The van der Waals surface area contributed by atoms with Crippen LogP contribution in [0.3, 0.4) is 0 Å². The molecule has 184 valence electrons. The van der Waals surface area contributed by atoms with Gasteiger partial charge >= 0.3 is 0 Å². The second kappa shape index (κ2) is 8.66. The molecule has 2 aliphatic rings. The number of rotatable bonds is 7. The summed E-state index contributed by atoms with van der Waals surface area (Å²) in [4.78, 5) is 23.2. The maximum Gasteiger partial charge on any atom is 0.272 e. The molecule has 2 aromatic rings. The Hall–Kier alpha value is -2.99. The molecular weight excluding hydrogens is 462 g/mol. The summed E-state index contributed by atoms with van der Waals surface area (Å²) in [6.07, 6.45) is 3.29. The van der Waals surface area contributed by atoms with Gasteiger partial charge in [-0.25, -0.2) is 13.1 Å². The van der Waals surface area contributed by atoms with E-state index in [4.69, 9.17) is 4.74 Å². The Labute approximate surface area is 198 Å². The number of nitro benzene ring substituents is 1. The minimum Gasteiger partial charge on any atom is -0.438 e. The van der Waals surface area contributed by atoms with Crippen LogP contribution in [-0.4, -0.2) is 52.5 Å². The van der Waals surface area contributed by atoms with E-state index in [1.54, 1.807) is 6.92 Å². The number of sulfonamides is 1. The number of aromatic nitrogens is 2. The summed E-state index contributed by atoms with van der Waals surface area (Å²) < 4.78 is 35.7. The second-order valence-corrected chi connectivity index (χ2v) is 11.6. The van der Waals surface area contributed by atoms with Gasteiger partial charge in [-0.3, -0.25) is 14.9 Å². The Morgan fingerprint density at radius 2 is 1.88 bits per heavy atom. The third-order valence-corrected chi connectivity index (χ3v) is 7.78. The molecule has 1 aromatic carbocycles. The largest absolute Gasteiger partial charge is 0.438 e. The van der Waals surface area contributed by atoms with Crippen molar-refractivity contribution in [1.29, 1.82) is 0 Å². The SMILES string of the molecule is Cc1c(C(=O)NC2CC2)nn(C(C)(C)C)c1Oc1ccc([N+](=O)[O-])cc1S(=O)(=O)N1CCCC1. The van der Waals surface area contributed by atoms with E-state index >= 15 is 0 Å². The molecule has 1 saturated heterocycles. The summed E-state index contributed by atoms with van der Waals surface area (Å²) in [5, 5.41) is 18.8. The number of carbonyl (C=O) groups is 1. The van der Waals surface area contributed by atoms with Crippen molar-refractivity contribution >= 4 is 21.6 Å². The number of nitrogens with zero attached hydrogens (tertiary/aromatic N) is 4. The monoisotopic (exact) mass is 491 g/mol. The van der Waals surface area contributed by atoms with Crippen molar-refractivity contribution in [2.24, 2.45) is 0 Å². The van der Waals surface area contributed by atoms with Gasteiger partial charge in [0.2, 0.25) is 15.9 Å². The highest BCUT2D eigenvalue weighted by Gasteiger charge is 2.34. The Morgan fingerprint density at radius 3 is 2.44 bits per heavy atom. The van der Waals surface area contributed by atoms with Gasteiger partial charge < -0.3 is 10.1 Å². The quantitative estimate of drug-likeness (QED) is 0.463. The number of benzene rings is 1. The first-order valence-corrected chi connectivity index (χ1v) is 12.7. The molecule has 1 aliphatic carbocycles. The predicted molar refractivity (Wildman–Crippen MR) is 124 cm³/mol. The van der Waals surface area contributed by atoms with E-state index in [-0.39, 0.29) is 39.9 Å². The molecule has 1 aliphatic heterocycles. The minimum atomic E-state index is -4.03. The Balaban J connectivity index is 1.81. The first-order chi connectivity index (χ1) is 15.9. The fraction of sp³-hybridized carbons (Fsp3) is 0.545. The van der Waals surface area contributed by atoms with E-state index in [0.717, 1.165) is 31.7 Å². The molecular formula is C22H29N5O6S. The van der Waals surface area contributed by atoms with E-state index in [1.807, 2.05) is 20.8 Å². The summed E-state index contributed by atoms with van der Waals surface area (Å²) in [7, 11) is -4.03. The Morgan fingerprint density at radius 1 is 1.24 bits per heavy atom. The van der Waals surface area contributed by atoms with E-state index in [1.165, 1.54) is 21.1 Å². The van der Waals surface area contributed by atoms with Gasteiger partial charge in [-0.15, -0.1) is 0 Å². The lowest BCUT2D eigenvalue weighted by Crippen LogP contribution is -2.28. The van der Waals surface area contributed by atoms with Crippen molar-refractivity contribution in [2.75, 3.05) is 13.1 Å². The first kappa shape index (κ1) is 24.1. The van der Waals surface area contributed by atoms with Gasteiger partial charge in [-0.05, 0) is 59.4 Å². The third-order valence-electron chi connectivity index (χ3n) is 5.86. The van der Waals surface area contributed by atoms with Crippen molar-refractivity contribution in [3.63, 3.8) is 0 Å². The second-order valence-electron chi connectivity index (χ2n) is 9.71. The number of amides is 1. The van der Waals surface area contributed by atoms with E-state index in [9.17, 15) is 23.3 Å². The van der Waals surface area contributed by atoms with Crippen LogP contribution in [0.25, 0.3) is 0 Å². The van der Waals surface area contributed by atoms with E-state index < -0.39 is 20.5 Å². The molecule has 2 fully saturated rings. The number of non-ortho nitro benzene ring substituents is 1. The topological polar surface area (TPSA) is 137 Å². The van der Waals surface area contributed by atoms with Crippen LogP contribution in [0.2, 0.25) is 0 Å². The fourth-order valence-electron chi connectivity index (χ4n) is 3.82. The van der Waals surface area contributed by atoms with Gasteiger partial charge in [-0.1, -0.05) is 0 Å². The summed E-state index contributed by atoms with van der Waals surface area (Å²) in [5.41, 5.74) is -0.290. The molecule has 0 spiro atoms. The lowest BCUT2D eigenvalue weighted by molar-refractivity contribution is -0.385. The summed E-state index contributed by atoms with van der Waals surface area (Å²) >= 11 is 0. The fourth-order valence-corrected chi connectivity index (χ4v) is 5.47. The molecule has 0 atom stereocenters. The van der Waals surface area contributed by atoms with Crippen LogP contribution < -0.4 is 10.1 Å². The molecule has 1 N–H and O–H groups in total. The minimum absolute atomic E-state index is 0.0554. The zero-order valence-corrected chi connectivity index (χ0v) is 20.5. The van der Waals surface area contributed by atoms with Gasteiger partial charge in [0.05, 0.1) is 10.5 Å². The smallest absolute Gasteiger partial charge is 0.272 e. The lowest BCUT2D eigenvalue weighted by Gasteiger charge is -2.23.